The highest BCUT2D eigenvalue weighted by atomic mass is 16.7. The number of carbonyl (C=O) groups is 4. The van der Waals surface area contributed by atoms with Crippen molar-refractivity contribution in [1.82, 2.24) is 4.90 Å². The van der Waals surface area contributed by atoms with Crippen LogP contribution in [0.2, 0.25) is 0 Å². The van der Waals surface area contributed by atoms with Gasteiger partial charge in [-0.2, -0.15) is 0 Å². The molecule has 0 aromatic carbocycles. The van der Waals surface area contributed by atoms with Crippen molar-refractivity contribution in [3.05, 3.63) is 0 Å². The number of amides is 1. The molecule has 0 aliphatic carbocycles. The van der Waals surface area contributed by atoms with E-state index in [0.29, 0.717) is 0 Å². The Balaban J connectivity index is 2.19. The van der Waals surface area contributed by atoms with Crippen LogP contribution in [0.15, 0.2) is 0 Å². The third-order valence-electron chi connectivity index (χ3n) is 3.53. The lowest BCUT2D eigenvalue weighted by Gasteiger charge is -2.38. The van der Waals surface area contributed by atoms with Gasteiger partial charge in [-0.25, -0.2) is 4.79 Å². The lowest BCUT2D eigenvalue weighted by atomic mass is 9.95. The number of esters is 2. The Hall–Kier alpha value is -2.16. The fourth-order valence-corrected chi connectivity index (χ4v) is 2.52. The van der Waals surface area contributed by atoms with Crippen LogP contribution < -0.4 is 0 Å². The average Bonchev–Trinajstić information content (AvgIpc) is 2.43. The molecule has 2 aliphatic rings. The average molecular weight is 357 g/mol. The number of ether oxygens (including phenoxy) is 4. The monoisotopic (exact) mass is 357 g/mol. The Morgan fingerprint density at radius 2 is 1.72 bits per heavy atom. The van der Waals surface area contributed by atoms with Crippen LogP contribution in [-0.2, 0) is 33.3 Å². The Bertz CT molecular complexity index is 571. The second-order valence-electron chi connectivity index (χ2n) is 7.34. The predicted molar refractivity (Wildman–Crippen MR) is 82.3 cm³/mol. The molecule has 0 radical (unpaired) electrons. The molecule has 0 aromatic heterocycles. The summed E-state index contributed by atoms with van der Waals surface area (Å²) in [5.74, 6) is -5.98. The van der Waals surface area contributed by atoms with E-state index in [1.165, 1.54) is 13.8 Å². The van der Waals surface area contributed by atoms with Crippen molar-refractivity contribution in [1.29, 1.82) is 0 Å². The van der Waals surface area contributed by atoms with Crippen molar-refractivity contribution in [2.45, 2.75) is 52.0 Å². The van der Waals surface area contributed by atoms with E-state index in [1.54, 1.807) is 20.8 Å². The zero-order valence-electron chi connectivity index (χ0n) is 15.0. The van der Waals surface area contributed by atoms with Crippen LogP contribution in [0.4, 0.5) is 4.79 Å². The highest BCUT2D eigenvalue weighted by molar-refractivity contribution is 6.17. The SMILES string of the molecule is CC(C)(C)OC(=O)N1CCOCC1C(=O)C1C(=O)OC(C)(C)OC1=O. The van der Waals surface area contributed by atoms with Gasteiger partial charge in [0.25, 0.3) is 5.79 Å². The minimum absolute atomic E-state index is 0.105. The summed E-state index contributed by atoms with van der Waals surface area (Å²) in [4.78, 5) is 50.4. The fourth-order valence-electron chi connectivity index (χ4n) is 2.52. The molecule has 2 fully saturated rings. The lowest BCUT2D eigenvalue weighted by Crippen LogP contribution is -2.59. The molecule has 1 unspecified atom stereocenters. The van der Waals surface area contributed by atoms with E-state index in [9.17, 15) is 19.2 Å². The van der Waals surface area contributed by atoms with Gasteiger partial charge in [0.15, 0.2) is 5.78 Å². The molecule has 0 spiro atoms. The van der Waals surface area contributed by atoms with Crippen LogP contribution >= 0.6 is 0 Å². The van der Waals surface area contributed by atoms with Crippen LogP contribution in [0.1, 0.15) is 34.6 Å². The Kier molecular flexibility index (Phi) is 5.08. The molecule has 25 heavy (non-hydrogen) atoms. The molecule has 0 bridgehead atoms. The van der Waals surface area contributed by atoms with Gasteiger partial charge in [0.2, 0.25) is 5.92 Å². The Morgan fingerprint density at radius 1 is 1.16 bits per heavy atom. The summed E-state index contributed by atoms with van der Waals surface area (Å²) >= 11 is 0. The quantitative estimate of drug-likeness (QED) is 0.523. The summed E-state index contributed by atoms with van der Waals surface area (Å²) in [7, 11) is 0. The van der Waals surface area contributed by atoms with Crippen LogP contribution in [0.5, 0.6) is 0 Å². The summed E-state index contributed by atoms with van der Waals surface area (Å²) in [6.07, 6.45) is -0.716. The van der Waals surface area contributed by atoms with Crippen molar-refractivity contribution in [2.75, 3.05) is 19.8 Å². The van der Waals surface area contributed by atoms with Gasteiger partial charge in [-0.3, -0.25) is 19.3 Å². The maximum atomic E-state index is 12.7. The minimum Gasteiger partial charge on any atom is -0.444 e. The number of morpholine rings is 1. The largest absolute Gasteiger partial charge is 0.444 e. The molecule has 9 heteroatoms. The normalized spacial score (nSPS) is 24.4. The van der Waals surface area contributed by atoms with Crippen LogP contribution in [-0.4, -0.2) is 65.9 Å². The number of Topliss-reactive ketones (excluding diaryl/α,β-unsaturated/α-hetero) is 1. The van der Waals surface area contributed by atoms with Gasteiger partial charge in [0, 0.05) is 20.4 Å². The lowest BCUT2D eigenvalue weighted by molar-refractivity contribution is -0.239. The molecule has 2 rings (SSSR count). The fraction of sp³-hybridized carbons (Fsp3) is 0.750. The highest BCUT2D eigenvalue weighted by Gasteiger charge is 2.51. The third kappa shape index (κ3) is 4.47. The molecule has 2 aliphatic heterocycles. The number of ketones is 1. The number of nitrogens with zero attached hydrogens (tertiary/aromatic N) is 1. The summed E-state index contributed by atoms with van der Waals surface area (Å²) < 4.78 is 20.5. The molecular weight excluding hydrogens is 334 g/mol. The molecule has 2 saturated heterocycles. The van der Waals surface area contributed by atoms with Gasteiger partial charge >= 0.3 is 18.0 Å². The van der Waals surface area contributed by atoms with Crippen LogP contribution in [0.25, 0.3) is 0 Å². The van der Waals surface area contributed by atoms with E-state index in [-0.39, 0.29) is 19.8 Å². The minimum atomic E-state index is -1.75. The van der Waals surface area contributed by atoms with Crippen LogP contribution in [0.3, 0.4) is 0 Å². The molecule has 1 amide bonds. The molecule has 0 saturated carbocycles. The van der Waals surface area contributed by atoms with Gasteiger partial charge < -0.3 is 18.9 Å². The van der Waals surface area contributed by atoms with E-state index < -0.39 is 47.2 Å². The number of rotatable bonds is 2. The van der Waals surface area contributed by atoms with Gasteiger partial charge in [-0.15, -0.1) is 0 Å². The first-order chi connectivity index (χ1) is 11.4. The van der Waals surface area contributed by atoms with E-state index >= 15 is 0 Å². The molecule has 1 atom stereocenters. The number of cyclic esters (lactones) is 2. The van der Waals surface area contributed by atoms with Gasteiger partial charge in [0.05, 0.1) is 13.2 Å². The smallest absolute Gasteiger partial charge is 0.411 e. The maximum absolute atomic E-state index is 12.7. The van der Waals surface area contributed by atoms with Crippen molar-refractivity contribution in [3.63, 3.8) is 0 Å². The standard InChI is InChI=1S/C16H23NO8/c1-15(2,3)25-14(21)17-6-7-22-8-9(17)11(18)10-12(19)23-16(4,5)24-13(10)20/h9-10H,6-8H2,1-5H3. The number of hydrogen-bond donors (Lipinski definition) is 0. The zero-order chi connectivity index (χ0) is 19.0. The van der Waals surface area contributed by atoms with E-state index in [0.717, 1.165) is 4.90 Å². The van der Waals surface area contributed by atoms with E-state index in [2.05, 4.69) is 0 Å². The molecular formula is C16H23NO8. The van der Waals surface area contributed by atoms with Crippen LogP contribution in [0, 0.1) is 5.92 Å². The highest BCUT2D eigenvalue weighted by Crippen LogP contribution is 2.26. The Labute approximate surface area is 145 Å². The summed E-state index contributed by atoms with van der Waals surface area (Å²) in [6, 6.07) is -1.13. The number of carbonyl (C=O) groups excluding carboxylic acids is 4. The van der Waals surface area contributed by atoms with Crippen molar-refractivity contribution < 1.29 is 38.1 Å². The van der Waals surface area contributed by atoms with Crippen molar-refractivity contribution >= 4 is 23.8 Å². The first-order valence-corrected chi connectivity index (χ1v) is 7.98. The van der Waals surface area contributed by atoms with Gasteiger partial charge in [-0.1, -0.05) is 0 Å². The Morgan fingerprint density at radius 3 is 2.24 bits per heavy atom. The molecule has 0 N–H and O–H groups in total. The summed E-state index contributed by atoms with van der Waals surface area (Å²) in [5.41, 5.74) is -0.754. The summed E-state index contributed by atoms with van der Waals surface area (Å²) in [6.45, 7) is 8.04. The topological polar surface area (TPSA) is 108 Å². The van der Waals surface area contributed by atoms with E-state index in [4.69, 9.17) is 18.9 Å². The summed E-state index contributed by atoms with van der Waals surface area (Å²) in [5, 5.41) is 0. The molecule has 0 aromatic rings. The molecule has 9 nitrogen and oxygen atoms in total. The first kappa shape index (κ1) is 19.2. The van der Waals surface area contributed by atoms with Gasteiger partial charge in [-0.05, 0) is 20.8 Å². The van der Waals surface area contributed by atoms with E-state index in [1.807, 2.05) is 0 Å². The molecule has 140 valence electrons. The zero-order valence-corrected chi connectivity index (χ0v) is 15.0. The molecule has 2 heterocycles. The second-order valence-corrected chi connectivity index (χ2v) is 7.34. The van der Waals surface area contributed by atoms with Crippen molar-refractivity contribution in [3.8, 4) is 0 Å². The first-order valence-electron chi connectivity index (χ1n) is 7.98. The predicted octanol–water partition coefficient (Wildman–Crippen LogP) is 0.644. The second kappa shape index (κ2) is 6.62. The maximum Gasteiger partial charge on any atom is 0.411 e. The number of hydrogen-bond acceptors (Lipinski definition) is 8. The van der Waals surface area contributed by atoms with Gasteiger partial charge in [0.1, 0.15) is 11.6 Å². The third-order valence-corrected chi connectivity index (χ3v) is 3.53. The van der Waals surface area contributed by atoms with Crippen molar-refractivity contribution in [2.24, 2.45) is 5.92 Å².